The molecule has 0 aromatic carbocycles. The molecule has 2 saturated heterocycles. The maximum absolute atomic E-state index is 13.2. The van der Waals surface area contributed by atoms with E-state index in [1.165, 1.54) is 12.3 Å². The Hall–Kier alpha value is -1.01. The molecule has 4 nitrogen and oxygen atoms in total. The van der Waals surface area contributed by atoms with Gasteiger partial charge >= 0.3 is 0 Å². The average Bonchev–Trinajstić information content (AvgIpc) is 2.31. The van der Waals surface area contributed by atoms with Crippen LogP contribution in [0.15, 0.2) is 18.5 Å². The zero-order chi connectivity index (χ0) is 13.7. The number of sulfone groups is 1. The van der Waals surface area contributed by atoms with Gasteiger partial charge in [0.2, 0.25) is 0 Å². The van der Waals surface area contributed by atoms with E-state index in [9.17, 15) is 17.9 Å². The molecular weight excluding hydrogens is 269 g/mol. The fraction of sp³-hybridized carbons (Fsp3) is 0.615. The van der Waals surface area contributed by atoms with Crippen molar-refractivity contribution in [3.63, 3.8) is 0 Å². The van der Waals surface area contributed by atoms with Gasteiger partial charge in [0.25, 0.3) is 0 Å². The summed E-state index contributed by atoms with van der Waals surface area (Å²) in [5.41, 5.74) is -0.879. The Morgan fingerprint density at radius 2 is 1.89 bits per heavy atom. The minimum absolute atomic E-state index is 0.150. The molecule has 1 aromatic heterocycles. The SMILES string of the molecule is O=S1(=O)C2CCCC1CC(O)(c1cncc(F)c1)C2. The van der Waals surface area contributed by atoms with E-state index in [-0.39, 0.29) is 12.8 Å². The van der Waals surface area contributed by atoms with E-state index in [4.69, 9.17) is 0 Å². The number of pyridine rings is 1. The maximum atomic E-state index is 13.2. The minimum atomic E-state index is -3.13. The highest BCUT2D eigenvalue weighted by Crippen LogP contribution is 2.45. The van der Waals surface area contributed by atoms with Gasteiger partial charge in [0.1, 0.15) is 5.82 Å². The lowest BCUT2D eigenvalue weighted by atomic mass is 9.81. The molecule has 2 aliphatic heterocycles. The van der Waals surface area contributed by atoms with Crippen LogP contribution in [0.4, 0.5) is 4.39 Å². The molecule has 1 N–H and O–H groups in total. The number of aliphatic hydroxyl groups is 1. The van der Waals surface area contributed by atoms with Gasteiger partial charge in [0, 0.05) is 11.8 Å². The zero-order valence-corrected chi connectivity index (χ0v) is 11.2. The van der Waals surface area contributed by atoms with Crippen molar-refractivity contribution in [1.82, 2.24) is 4.98 Å². The number of aromatic nitrogens is 1. The van der Waals surface area contributed by atoms with Crippen molar-refractivity contribution in [3.8, 4) is 0 Å². The van der Waals surface area contributed by atoms with Gasteiger partial charge in [-0.1, -0.05) is 6.42 Å². The van der Waals surface area contributed by atoms with Gasteiger partial charge in [0.05, 0.1) is 22.3 Å². The van der Waals surface area contributed by atoms with Crippen LogP contribution in [-0.2, 0) is 15.4 Å². The second-order valence-corrected chi connectivity index (χ2v) is 8.11. The number of nitrogens with zero attached hydrogens (tertiary/aromatic N) is 1. The van der Waals surface area contributed by atoms with E-state index in [0.29, 0.717) is 18.4 Å². The van der Waals surface area contributed by atoms with Crippen molar-refractivity contribution in [2.45, 2.75) is 48.2 Å². The predicted octanol–water partition coefficient (Wildman–Crippen LogP) is 1.54. The molecule has 0 spiro atoms. The molecule has 0 aliphatic carbocycles. The van der Waals surface area contributed by atoms with Crippen LogP contribution < -0.4 is 0 Å². The normalized spacial score (nSPS) is 36.9. The molecule has 2 atom stereocenters. The molecular formula is C13H16FNO3S. The van der Waals surface area contributed by atoms with Crippen LogP contribution in [-0.4, -0.2) is 29.0 Å². The van der Waals surface area contributed by atoms with Crippen LogP contribution in [0.3, 0.4) is 0 Å². The molecule has 3 rings (SSSR count). The fourth-order valence-corrected chi connectivity index (χ4v) is 5.90. The molecule has 2 unspecified atom stereocenters. The average molecular weight is 285 g/mol. The summed E-state index contributed by atoms with van der Waals surface area (Å²) in [5, 5.41) is 9.72. The van der Waals surface area contributed by atoms with Crippen LogP contribution in [0.25, 0.3) is 0 Å². The zero-order valence-electron chi connectivity index (χ0n) is 10.4. The molecule has 0 amide bonds. The van der Waals surface area contributed by atoms with Gasteiger partial charge < -0.3 is 5.11 Å². The Kier molecular flexibility index (Phi) is 2.90. The smallest absolute Gasteiger partial charge is 0.156 e. The summed E-state index contributed by atoms with van der Waals surface area (Å²) in [7, 11) is -3.13. The van der Waals surface area contributed by atoms with Crippen molar-refractivity contribution < 1.29 is 17.9 Å². The summed E-state index contributed by atoms with van der Waals surface area (Å²) in [6.45, 7) is 0. The van der Waals surface area contributed by atoms with E-state index >= 15 is 0 Å². The first kappa shape index (κ1) is 13.0. The van der Waals surface area contributed by atoms with Crippen molar-refractivity contribution in [3.05, 3.63) is 29.8 Å². The quantitative estimate of drug-likeness (QED) is 0.850. The second kappa shape index (κ2) is 4.24. The van der Waals surface area contributed by atoms with Crippen molar-refractivity contribution in [2.75, 3.05) is 0 Å². The Morgan fingerprint density at radius 3 is 2.47 bits per heavy atom. The Bertz CT molecular complexity index is 582. The van der Waals surface area contributed by atoms with Gasteiger partial charge in [-0.2, -0.15) is 0 Å². The highest BCUT2D eigenvalue weighted by Gasteiger charge is 2.51. The third-order valence-electron chi connectivity index (χ3n) is 4.35. The molecule has 0 saturated carbocycles. The molecule has 2 fully saturated rings. The Balaban J connectivity index is 1.99. The molecule has 104 valence electrons. The number of fused-ring (bicyclic) bond motifs is 2. The standard InChI is InChI=1S/C13H16FNO3S/c14-10-4-9(7-15-8-10)13(16)5-11-2-1-3-12(6-13)19(11,17)18/h4,7-8,11-12,16H,1-3,5-6H2. The highest BCUT2D eigenvalue weighted by molar-refractivity contribution is 7.92. The first-order valence-corrected chi connectivity index (χ1v) is 8.09. The highest BCUT2D eigenvalue weighted by atomic mass is 32.2. The molecule has 19 heavy (non-hydrogen) atoms. The summed E-state index contributed by atoms with van der Waals surface area (Å²) in [4.78, 5) is 3.75. The van der Waals surface area contributed by atoms with Crippen LogP contribution in [0.2, 0.25) is 0 Å². The summed E-state index contributed by atoms with van der Waals surface area (Å²) >= 11 is 0. The minimum Gasteiger partial charge on any atom is -0.385 e. The number of hydrogen-bond donors (Lipinski definition) is 1. The first-order chi connectivity index (χ1) is 8.92. The van der Waals surface area contributed by atoms with Crippen LogP contribution >= 0.6 is 0 Å². The first-order valence-electron chi connectivity index (χ1n) is 6.48. The van der Waals surface area contributed by atoms with E-state index in [1.807, 2.05) is 0 Å². The number of rotatable bonds is 1. The molecule has 2 bridgehead atoms. The third-order valence-corrected chi connectivity index (χ3v) is 7.02. The fourth-order valence-electron chi connectivity index (χ4n) is 3.35. The number of halogens is 1. The lowest BCUT2D eigenvalue weighted by Gasteiger charge is -2.43. The molecule has 3 heterocycles. The van der Waals surface area contributed by atoms with Crippen molar-refractivity contribution >= 4 is 9.84 Å². The van der Waals surface area contributed by atoms with Gasteiger partial charge in [0.15, 0.2) is 9.84 Å². The Labute approximate surface area is 111 Å². The van der Waals surface area contributed by atoms with E-state index in [1.54, 1.807) is 0 Å². The molecule has 6 heteroatoms. The predicted molar refractivity (Wildman–Crippen MR) is 67.7 cm³/mol. The second-order valence-electron chi connectivity index (χ2n) is 5.60. The van der Waals surface area contributed by atoms with Crippen molar-refractivity contribution in [2.24, 2.45) is 0 Å². The van der Waals surface area contributed by atoms with Crippen LogP contribution in [0, 0.1) is 5.82 Å². The van der Waals surface area contributed by atoms with Gasteiger partial charge in [-0.25, -0.2) is 12.8 Å². The van der Waals surface area contributed by atoms with Crippen LogP contribution in [0.1, 0.15) is 37.7 Å². The number of hydrogen-bond acceptors (Lipinski definition) is 4. The maximum Gasteiger partial charge on any atom is 0.156 e. The largest absolute Gasteiger partial charge is 0.385 e. The monoisotopic (exact) mass is 285 g/mol. The topological polar surface area (TPSA) is 67.3 Å². The van der Waals surface area contributed by atoms with Gasteiger partial charge in [-0.05, 0) is 31.7 Å². The van der Waals surface area contributed by atoms with Crippen LogP contribution in [0.5, 0.6) is 0 Å². The lowest BCUT2D eigenvalue weighted by Crippen LogP contribution is -2.50. The summed E-state index contributed by atoms with van der Waals surface area (Å²) in [6.07, 6.45) is 4.86. The molecule has 0 radical (unpaired) electrons. The van der Waals surface area contributed by atoms with Gasteiger partial charge in [-0.3, -0.25) is 4.98 Å². The van der Waals surface area contributed by atoms with E-state index in [2.05, 4.69) is 4.98 Å². The molecule has 2 aliphatic rings. The van der Waals surface area contributed by atoms with E-state index < -0.39 is 31.8 Å². The summed E-state index contributed by atoms with van der Waals surface area (Å²) < 4.78 is 37.6. The summed E-state index contributed by atoms with van der Waals surface area (Å²) in [6, 6.07) is 1.25. The van der Waals surface area contributed by atoms with Crippen molar-refractivity contribution in [1.29, 1.82) is 0 Å². The Morgan fingerprint density at radius 1 is 1.26 bits per heavy atom. The van der Waals surface area contributed by atoms with E-state index in [0.717, 1.165) is 12.6 Å². The lowest BCUT2D eigenvalue weighted by molar-refractivity contribution is 0.00442. The van der Waals surface area contributed by atoms with Gasteiger partial charge in [-0.15, -0.1) is 0 Å². The third kappa shape index (κ3) is 2.07. The molecule has 1 aromatic rings. The summed E-state index contributed by atoms with van der Waals surface area (Å²) in [5.74, 6) is -0.510.